The quantitative estimate of drug-likeness (QED) is 0.452. The highest BCUT2D eigenvalue weighted by Crippen LogP contribution is 2.75. The number of aldehydes is 1. The Morgan fingerprint density at radius 1 is 0.971 bits per heavy atom. The van der Waals surface area contributed by atoms with Crippen molar-refractivity contribution in [3.63, 3.8) is 0 Å². The van der Waals surface area contributed by atoms with Crippen molar-refractivity contribution in [2.75, 3.05) is 0 Å². The zero-order valence-electron chi connectivity index (χ0n) is 22.2. The lowest BCUT2D eigenvalue weighted by Crippen LogP contribution is -2.66. The molecule has 0 aromatic heterocycles. The van der Waals surface area contributed by atoms with Crippen LogP contribution < -0.4 is 5.11 Å². The smallest absolute Gasteiger partial charge is 0.128 e. The summed E-state index contributed by atoms with van der Waals surface area (Å²) >= 11 is 0. The maximum absolute atomic E-state index is 12.6. The van der Waals surface area contributed by atoms with Gasteiger partial charge in [0.1, 0.15) is 6.29 Å². The predicted octanol–water partition coefficient (Wildman–Crippen LogP) is 5.08. The first kappa shape index (κ1) is 24.5. The fraction of sp³-hybridized carbons (Fsp3) is 0.867. The van der Waals surface area contributed by atoms with Crippen molar-refractivity contribution in [1.82, 2.24) is 0 Å². The lowest BCUT2D eigenvalue weighted by Gasteiger charge is -2.71. The minimum atomic E-state index is -0.832. The Kier molecular flexibility index (Phi) is 5.20. The van der Waals surface area contributed by atoms with E-state index in [0.29, 0.717) is 12.3 Å². The van der Waals surface area contributed by atoms with Crippen molar-refractivity contribution in [3.05, 3.63) is 11.6 Å². The minimum absolute atomic E-state index is 0.00164. The number of hydrogen-bond donors (Lipinski definition) is 1. The molecule has 9 atom stereocenters. The van der Waals surface area contributed by atoms with Gasteiger partial charge in [-0.2, -0.15) is 0 Å². The molecular formula is C30H45O4-. The van der Waals surface area contributed by atoms with Gasteiger partial charge in [0.05, 0.1) is 11.5 Å². The molecule has 5 aliphatic carbocycles. The molecule has 5 aliphatic rings. The predicted molar refractivity (Wildman–Crippen MR) is 130 cm³/mol. The van der Waals surface area contributed by atoms with Crippen LogP contribution in [0.25, 0.3) is 0 Å². The molecule has 0 heterocycles. The Hall–Kier alpha value is -1.16. The van der Waals surface area contributed by atoms with Crippen LogP contribution in [0.3, 0.4) is 0 Å². The van der Waals surface area contributed by atoms with E-state index in [1.165, 1.54) is 5.57 Å². The Bertz CT molecular complexity index is 936. The molecule has 34 heavy (non-hydrogen) atoms. The average molecular weight is 470 g/mol. The fourth-order valence-electron chi connectivity index (χ4n) is 10.5. The van der Waals surface area contributed by atoms with Crippen LogP contribution in [-0.2, 0) is 9.59 Å². The molecule has 0 spiro atoms. The van der Waals surface area contributed by atoms with Crippen molar-refractivity contribution in [3.8, 4) is 0 Å². The fourth-order valence-corrected chi connectivity index (χ4v) is 10.5. The second kappa shape index (κ2) is 7.20. The van der Waals surface area contributed by atoms with Gasteiger partial charge < -0.3 is 19.8 Å². The van der Waals surface area contributed by atoms with Crippen LogP contribution >= 0.6 is 0 Å². The normalized spacial score (nSPS) is 53.9. The summed E-state index contributed by atoms with van der Waals surface area (Å²) in [5.74, 6) is -0.137. The number of aliphatic hydroxyl groups excluding tert-OH is 1. The highest BCUT2D eigenvalue weighted by Gasteiger charge is 2.69. The first-order chi connectivity index (χ1) is 15.7. The van der Waals surface area contributed by atoms with E-state index in [0.717, 1.165) is 64.1 Å². The summed E-state index contributed by atoms with van der Waals surface area (Å²) in [5.41, 5.74) is 0.199. The molecule has 4 nitrogen and oxygen atoms in total. The minimum Gasteiger partial charge on any atom is -0.550 e. The summed E-state index contributed by atoms with van der Waals surface area (Å²) in [6, 6.07) is 0. The molecule has 0 aromatic carbocycles. The van der Waals surface area contributed by atoms with Crippen molar-refractivity contribution >= 4 is 12.3 Å². The number of hydrogen-bond acceptors (Lipinski definition) is 4. The number of carboxylic acids is 1. The Balaban J connectivity index is 1.60. The number of fused-ring (bicyclic) bond motifs is 7. The number of allylic oxidation sites excluding steroid dienone is 2. The second-order valence-corrected chi connectivity index (χ2v) is 14.7. The van der Waals surface area contributed by atoms with Gasteiger partial charge in [0.15, 0.2) is 0 Å². The van der Waals surface area contributed by atoms with E-state index in [-0.39, 0.29) is 33.5 Å². The van der Waals surface area contributed by atoms with Crippen LogP contribution in [0.15, 0.2) is 11.6 Å². The Morgan fingerprint density at radius 2 is 1.65 bits per heavy atom. The van der Waals surface area contributed by atoms with Crippen LogP contribution in [0.5, 0.6) is 0 Å². The van der Waals surface area contributed by atoms with E-state index in [1.54, 1.807) is 0 Å². The summed E-state index contributed by atoms with van der Waals surface area (Å²) in [6.07, 6.45) is 11.8. The van der Waals surface area contributed by atoms with Crippen molar-refractivity contribution in [2.24, 2.45) is 50.2 Å². The van der Waals surface area contributed by atoms with Gasteiger partial charge in [-0.15, -0.1) is 0 Å². The molecule has 4 saturated carbocycles. The van der Waals surface area contributed by atoms with Gasteiger partial charge in [-0.3, -0.25) is 0 Å². The lowest BCUT2D eigenvalue weighted by molar-refractivity contribution is -0.327. The molecule has 190 valence electrons. The molecule has 0 aliphatic heterocycles. The largest absolute Gasteiger partial charge is 0.550 e. The average Bonchev–Trinajstić information content (AvgIpc) is 2.76. The maximum atomic E-state index is 12.6. The van der Waals surface area contributed by atoms with Crippen molar-refractivity contribution < 1.29 is 19.8 Å². The van der Waals surface area contributed by atoms with Gasteiger partial charge in [0.2, 0.25) is 0 Å². The molecule has 0 saturated heterocycles. The summed E-state index contributed by atoms with van der Waals surface area (Å²) in [7, 11) is 0. The van der Waals surface area contributed by atoms with Crippen molar-refractivity contribution in [2.45, 2.75) is 112 Å². The van der Waals surface area contributed by atoms with E-state index in [9.17, 15) is 19.8 Å². The number of aliphatic hydroxyl groups is 1. The number of aliphatic carboxylic acids is 1. The molecule has 0 aromatic rings. The monoisotopic (exact) mass is 469 g/mol. The third kappa shape index (κ3) is 2.81. The van der Waals surface area contributed by atoms with E-state index in [1.807, 2.05) is 6.92 Å². The Labute approximate surface area is 206 Å². The van der Waals surface area contributed by atoms with E-state index >= 15 is 0 Å². The van der Waals surface area contributed by atoms with Gasteiger partial charge in [0, 0.05) is 11.4 Å². The van der Waals surface area contributed by atoms with Gasteiger partial charge in [-0.05, 0) is 104 Å². The van der Waals surface area contributed by atoms with Crippen LogP contribution in [-0.4, -0.2) is 23.5 Å². The molecule has 4 fully saturated rings. The molecule has 4 heteroatoms. The lowest BCUT2D eigenvalue weighted by atomic mass is 9.33. The molecule has 5 rings (SSSR count). The van der Waals surface area contributed by atoms with Gasteiger partial charge in [-0.25, -0.2) is 0 Å². The SMILES string of the molecule is CC1(C)CC[C@]2(C(=O)[O-])CC[C@]3(C)C(=CC[C@@H]4[C@@]5(C)CC[C@H](O)[C@@](C)(C=O)[C@@H]5CC[C@]43C)[C@@H]2C1. The summed E-state index contributed by atoms with van der Waals surface area (Å²) in [5, 5.41) is 23.5. The topological polar surface area (TPSA) is 77.4 Å². The van der Waals surface area contributed by atoms with Crippen LogP contribution in [0.1, 0.15) is 106 Å². The number of carboxylic acid groups (broad SMARTS) is 1. The summed E-state index contributed by atoms with van der Waals surface area (Å²) in [4.78, 5) is 24.9. The van der Waals surface area contributed by atoms with Crippen molar-refractivity contribution in [1.29, 1.82) is 0 Å². The molecule has 0 radical (unpaired) electrons. The van der Waals surface area contributed by atoms with Gasteiger partial charge in [0.25, 0.3) is 0 Å². The van der Waals surface area contributed by atoms with Crippen LogP contribution in [0.2, 0.25) is 0 Å². The maximum Gasteiger partial charge on any atom is 0.128 e. The number of carbonyl (C=O) groups excluding carboxylic acids is 2. The number of carbonyl (C=O) groups is 2. The molecule has 0 unspecified atom stereocenters. The molecule has 1 N–H and O–H groups in total. The number of rotatable bonds is 2. The molecule has 0 amide bonds. The third-order valence-corrected chi connectivity index (χ3v) is 13.0. The van der Waals surface area contributed by atoms with Crippen LogP contribution in [0, 0.1) is 50.2 Å². The zero-order chi connectivity index (χ0) is 24.9. The highest BCUT2D eigenvalue weighted by molar-refractivity contribution is 5.74. The molecule has 0 bridgehead atoms. The second-order valence-electron chi connectivity index (χ2n) is 14.7. The summed E-state index contributed by atoms with van der Waals surface area (Å²) in [6.45, 7) is 13.9. The van der Waals surface area contributed by atoms with Gasteiger partial charge >= 0.3 is 0 Å². The van der Waals surface area contributed by atoms with Crippen LogP contribution in [0.4, 0.5) is 0 Å². The third-order valence-electron chi connectivity index (χ3n) is 13.0. The Morgan fingerprint density at radius 3 is 2.29 bits per heavy atom. The first-order valence-electron chi connectivity index (χ1n) is 13.8. The van der Waals surface area contributed by atoms with E-state index in [2.05, 4.69) is 40.7 Å². The van der Waals surface area contributed by atoms with E-state index in [4.69, 9.17) is 0 Å². The van der Waals surface area contributed by atoms with E-state index < -0.39 is 22.9 Å². The summed E-state index contributed by atoms with van der Waals surface area (Å²) < 4.78 is 0. The standard InChI is InChI=1S/C30H46O4/c1-25(2)13-15-30(24(33)34)16-14-28(5)19(20(30)17-25)7-8-22-26(3)11-10-23(32)27(4,18-31)21(26)9-12-29(22,28)6/h7,18,20-23,32H,8-17H2,1-6H3,(H,33,34)/p-1/t20-,21+,22+,23-,26-,27-,28+,29+,30-/m0/s1. The first-order valence-corrected chi connectivity index (χ1v) is 13.8. The highest BCUT2D eigenvalue weighted by atomic mass is 16.4. The van der Waals surface area contributed by atoms with Gasteiger partial charge in [-0.1, -0.05) is 53.2 Å². The molecular weight excluding hydrogens is 424 g/mol. The zero-order valence-corrected chi connectivity index (χ0v) is 22.2.